The average molecular weight is 263 g/mol. The predicted molar refractivity (Wildman–Crippen MR) is 77.5 cm³/mol. The van der Waals surface area contributed by atoms with Gasteiger partial charge in [-0.25, -0.2) is 4.68 Å². The van der Waals surface area contributed by atoms with Gasteiger partial charge in [-0.15, -0.1) is 0 Å². The van der Waals surface area contributed by atoms with Crippen molar-refractivity contribution in [3.63, 3.8) is 0 Å². The van der Waals surface area contributed by atoms with Crippen LogP contribution in [0.25, 0.3) is 0 Å². The van der Waals surface area contributed by atoms with Crippen LogP contribution in [0.4, 0.5) is 5.82 Å². The molecule has 3 rings (SSSR count). The Kier molecular flexibility index (Phi) is 3.75. The van der Waals surface area contributed by atoms with Crippen LogP contribution in [-0.4, -0.2) is 53.9 Å². The SMILES string of the molecule is Cc1cc2n(n1)C[C@H](CNC[C@@H]1CCCN1C)CN2. The molecule has 0 bridgehead atoms. The second-order valence-electron chi connectivity index (χ2n) is 6.03. The molecule has 0 spiro atoms. The second kappa shape index (κ2) is 5.51. The van der Waals surface area contributed by atoms with Gasteiger partial charge in [0.25, 0.3) is 0 Å². The number of hydrogen-bond donors (Lipinski definition) is 2. The van der Waals surface area contributed by atoms with E-state index in [0.29, 0.717) is 5.92 Å². The number of aryl methyl sites for hydroxylation is 1. The van der Waals surface area contributed by atoms with E-state index in [4.69, 9.17) is 0 Å². The standard InChI is InChI=1S/C14H25N5/c1-11-6-14-16-8-12(10-19(14)17-11)7-15-9-13-4-3-5-18(13)2/h6,12-13,15-16H,3-5,7-10H2,1-2H3/t12-,13+/m1/s1. The monoisotopic (exact) mass is 263 g/mol. The van der Waals surface area contributed by atoms with Gasteiger partial charge in [0.1, 0.15) is 5.82 Å². The number of likely N-dealkylation sites (N-methyl/N-ethyl adjacent to an activating group) is 1. The Labute approximate surface area is 115 Å². The number of nitrogens with one attached hydrogen (secondary N) is 2. The summed E-state index contributed by atoms with van der Waals surface area (Å²) in [6.07, 6.45) is 2.69. The van der Waals surface area contributed by atoms with E-state index in [0.717, 1.165) is 37.9 Å². The molecule has 0 aliphatic carbocycles. The molecule has 0 aromatic carbocycles. The van der Waals surface area contributed by atoms with Crippen molar-refractivity contribution in [2.24, 2.45) is 5.92 Å². The van der Waals surface area contributed by atoms with Crippen LogP contribution >= 0.6 is 0 Å². The summed E-state index contributed by atoms with van der Waals surface area (Å²) in [4.78, 5) is 2.47. The zero-order valence-electron chi connectivity index (χ0n) is 12.0. The van der Waals surface area contributed by atoms with Crippen molar-refractivity contribution < 1.29 is 0 Å². The third-order valence-electron chi connectivity index (χ3n) is 4.39. The van der Waals surface area contributed by atoms with E-state index in [-0.39, 0.29) is 0 Å². The van der Waals surface area contributed by atoms with Crippen molar-refractivity contribution in [2.75, 3.05) is 38.5 Å². The lowest BCUT2D eigenvalue weighted by atomic mass is 10.1. The first kappa shape index (κ1) is 12.9. The van der Waals surface area contributed by atoms with Crippen LogP contribution in [0, 0.1) is 12.8 Å². The number of hydrogen-bond acceptors (Lipinski definition) is 4. The topological polar surface area (TPSA) is 45.1 Å². The predicted octanol–water partition coefficient (Wildman–Crippen LogP) is 0.917. The summed E-state index contributed by atoms with van der Waals surface area (Å²) in [7, 11) is 2.24. The van der Waals surface area contributed by atoms with Crippen LogP contribution in [0.2, 0.25) is 0 Å². The van der Waals surface area contributed by atoms with Gasteiger partial charge in [0.2, 0.25) is 0 Å². The fourth-order valence-electron chi connectivity index (χ4n) is 3.21. The Bertz CT molecular complexity index is 427. The van der Waals surface area contributed by atoms with Gasteiger partial charge in [0.15, 0.2) is 0 Å². The summed E-state index contributed by atoms with van der Waals surface area (Å²) in [5.74, 6) is 1.81. The van der Waals surface area contributed by atoms with E-state index in [9.17, 15) is 0 Å². The average Bonchev–Trinajstić information content (AvgIpc) is 2.94. The first-order chi connectivity index (χ1) is 9.22. The molecule has 19 heavy (non-hydrogen) atoms. The molecule has 3 heterocycles. The van der Waals surface area contributed by atoms with Crippen LogP contribution < -0.4 is 10.6 Å². The maximum Gasteiger partial charge on any atom is 0.124 e. The Hall–Kier alpha value is -1.07. The normalized spacial score (nSPS) is 27.3. The number of nitrogens with zero attached hydrogens (tertiary/aromatic N) is 3. The van der Waals surface area contributed by atoms with Crippen molar-refractivity contribution in [3.05, 3.63) is 11.8 Å². The molecule has 0 radical (unpaired) electrons. The fraction of sp³-hybridized carbons (Fsp3) is 0.786. The zero-order valence-corrected chi connectivity index (χ0v) is 12.0. The van der Waals surface area contributed by atoms with Crippen molar-refractivity contribution in [3.8, 4) is 0 Å². The lowest BCUT2D eigenvalue weighted by molar-refractivity contribution is 0.290. The molecule has 0 unspecified atom stereocenters. The number of aromatic nitrogens is 2. The summed E-state index contributed by atoms with van der Waals surface area (Å²) in [5.41, 5.74) is 1.10. The maximum absolute atomic E-state index is 4.52. The summed E-state index contributed by atoms with van der Waals surface area (Å²) < 4.78 is 2.10. The van der Waals surface area contributed by atoms with Crippen LogP contribution in [0.15, 0.2) is 6.07 Å². The number of fused-ring (bicyclic) bond motifs is 1. The van der Waals surface area contributed by atoms with Gasteiger partial charge >= 0.3 is 0 Å². The molecule has 1 aromatic rings. The van der Waals surface area contributed by atoms with Crippen LogP contribution in [0.1, 0.15) is 18.5 Å². The van der Waals surface area contributed by atoms with E-state index >= 15 is 0 Å². The third kappa shape index (κ3) is 2.92. The van der Waals surface area contributed by atoms with Crippen molar-refractivity contribution in [1.82, 2.24) is 20.0 Å². The van der Waals surface area contributed by atoms with Gasteiger partial charge in [0, 0.05) is 44.2 Å². The van der Waals surface area contributed by atoms with Crippen LogP contribution in [0.5, 0.6) is 0 Å². The van der Waals surface area contributed by atoms with Gasteiger partial charge in [0.05, 0.1) is 5.69 Å². The molecule has 0 saturated carbocycles. The van der Waals surface area contributed by atoms with E-state index < -0.39 is 0 Å². The van der Waals surface area contributed by atoms with Crippen molar-refractivity contribution >= 4 is 5.82 Å². The van der Waals surface area contributed by atoms with Gasteiger partial charge in [-0.2, -0.15) is 5.10 Å². The van der Waals surface area contributed by atoms with Gasteiger partial charge in [-0.1, -0.05) is 0 Å². The van der Waals surface area contributed by atoms with Gasteiger partial charge in [-0.05, 0) is 33.4 Å². The first-order valence-corrected chi connectivity index (χ1v) is 7.41. The molecule has 5 nitrogen and oxygen atoms in total. The second-order valence-corrected chi connectivity index (χ2v) is 6.03. The van der Waals surface area contributed by atoms with Gasteiger partial charge in [-0.3, -0.25) is 0 Å². The molecule has 2 atom stereocenters. The summed E-state index contributed by atoms with van der Waals surface area (Å²) >= 11 is 0. The molecule has 1 saturated heterocycles. The molecule has 2 aliphatic rings. The minimum Gasteiger partial charge on any atom is -0.370 e. The zero-order chi connectivity index (χ0) is 13.2. The quantitative estimate of drug-likeness (QED) is 0.848. The molecule has 0 amide bonds. The Balaban J connectivity index is 1.44. The first-order valence-electron chi connectivity index (χ1n) is 7.41. The molecule has 106 valence electrons. The minimum atomic E-state index is 0.638. The fourth-order valence-corrected chi connectivity index (χ4v) is 3.21. The molecule has 2 N–H and O–H groups in total. The lowest BCUT2D eigenvalue weighted by Gasteiger charge is -2.26. The minimum absolute atomic E-state index is 0.638. The van der Waals surface area contributed by atoms with Crippen molar-refractivity contribution in [2.45, 2.75) is 32.4 Å². The molecule has 2 aliphatic heterocycles. The largest absolute Gasteiger partial charge is 0.370 e. The number of rotatable bonds is 4. The summed E-state index contributed by atoms with van der Waals surface area (Å²) in [6.45, 7) is 7.60. The Morgan fingerprint density at radius 1 is 1.47 bits per heavy atom. The van der Waals surface area contributed by atoms with Gasteiger partial charge < -0.3 is 15.5 Å². The smallest absolute Gasteiger partial charge is 0.124 e. The molecule has 1 fully saturated rings. The lowest BCUT2D eigenvalue weighted by Crippen LogP contribution is -2.40. The Morgan fingerprint density at radius 3 is 3.16 bits per heavy atom. The highest BCUT2D eigenvalue weighted by atomic mass is 15.3. The third-order valence-corrected chi connectivity index (χ3v) is 4.39. The maximum atomic E-state index is 4.52. The molecule has 5 heteroatoms. The molecular weight excluding hydrogens is 238 g/mol. The van der Waals surface area contributed by atoms with E-state index in [2.05, 4.69) is 45.4 Å². The van der Waals surface area contributed by atoms with Crippen molar-refractivity contribution in [1.29, 1.82) is 0 Å². The highest BCUT2D eigenvalue weighted by molar-refractivity contribution is 5.38. The van der Waals surface area contributed by atoms with Crippen LogP contribution in [0.3, 0.4) is 0 Å². The highest BCUT2D eigenvalue weighted by Gasteiger charge is 2.22. The van der Waals surface area contributed by atoms with E-state index in [1.165, 1.54) is 25.2 Å². The number of anilines is 1. The Morgan fingerprint density at radius 2 is 2.37 bits per heavy atom. The van der Waals surface area contributed by atoms with E-state index in [1.807, 2.05) is 0 Å². The molecule has 1 aromatic heterocycles. The summed E-state index contributed by atoms with van der Waals surface area (Å²) in [6, 6.07) is 2.86. The summed E-state index contributed by atoms with van der Waals surface area (Å²) in [5, 5.41) is 11.6. The number of likely N-dealkylation sites (tertiary alicyclic amines) is 1. The highest BCUT2D eigenvalue weighted by Crippen LogP contribution is 2.18. The molecular formula is C14H25N5. The van der Waals surface area contributed by atoms with E-state index in [1.54, 1.807) is 0 Å². The van der Waals surface area contributed by atoms with Crippen LogP contribution in [-0.2, 0) is 6.54 Å².